The number of halogens is 2. The van der Waals surface area contributed by atoms with Gasteiger partial charge in [0.1, 0.15) is 6.07 Å². The lowest BCUT2D eigenvalue weighted by Crippen LogP contribution is -2.04. The van der Waals surface area contributed by atoms with E-state index >= 15 is 0 Å². The first-order chi connectivity index (χ1) is 9.11. The Bertz CT molecular complexity index is 648. The smallest absolute Gasteiger partial charge is 0.159 e. The quantitative estimate of drug-likeness (QED) is 0.833. The van der Waals surface area contributed by atoms with Gasteiger partial charge in [-0.1, -0.05) is 12.1 Å². The zero-order chi connectivity index (χ0) is 13.8. The van der Waals surface area contributed by atoms with Crippen molar-refractivity contribution in [3.05, 3.63) is 59.2 Å². The lowest BCUT2D eigenvalue weighted by Gasteiger charge is -2.10. The topological polar surface area (TPSA) is 61.8 Å². The first-order valence-electron chi connectivity index (χ1n) is 5.58. The number of hydrogen-bond donors (Lipinski definition) is 2. The normalized spacial score (nSPS) is 9.95. The maximum absolute atomic E-state index is 13.0. The Labute approximate surface area is 109 Å². The third-order valence-corrected chi connectivity index (χ3v) is 2.69. The summed E-state index contributed by atoms with van der Waals surface area (Å²) in [5.74, 6) is -1.77. The zero-order valence-electron chi connectivity index (χ0n) is 9.95. The standard InChI is InChI=1S/C14H11F2N3/c15-11-5-4-9(6-12(11)16)8-19-13-3-1-2-10(7-17)14(13)18/h1-6,19H,8,18H2. The van der Waals surface area contributed by atoms with Crippen molar-refractivity contribution < 1.29 is 8.78 Å². The van der Waals surface area contributed by atoms with Crippen molar-refractivity contribution in [1.29, 1.82) is 5.26 Å². The number of nitriles is 1. The highest BCUT2D eigenvalue weighted by atomic mass is 19.2. The predicted molar refractivity (Wildman–Crippen MR) is 69.3 cm³/mol. The molecule has 0 aliphatic rings. The second-order valence-electron chi connectivity index (χ2n) is 3.98. The summed E-state index contributed by atoms with van der Waals surface area (Å²) < 4.78 is 25.8. The van der Waals surface area contributed by atoms with Crippen LogP contribution in [0.2, 0.25) is 0 Å². The van der Waals surface area contributed by atoms with Gasteiger partial charge < -0.3 is 11.1 Å². The van der Waals surface area contributed by atoms with Crippen LogP contribution in [0.4, 0.5) is 20.2 Å². The van der Waals surface area contributed by atoms with Gasteiger partial charge in [-0.15, -0.1) is 0 Å². The Morgan fingerprint density at radius 2 is 1.95 bits per heavy atom. The molecule has 0 aliphatic carbocycles. The van der Waals surface area contributed by atoms with E-state index < -0.39 is 11.6 Å². The largest absolute Gasteiger partial charge is 0.396 e. The first-order valence-corrected chi connectivity index (χ1v) is 5.58. The first kappa shape index (κ1) is 12.8. The van der Waals surface area contributed by atoms with Gasteiger partial charge in [0.25, 0.3) is 0 Å². The summed E-state index contributed by atoms with van der Waals surface area (Å²) in [6.07, 6.45) is 0. The predicted octanol–water partition coefficient (Wildman–Crippen LogP) is 3.03. The number of para-hydroxylation sites is 1. The fourth-order valence-corrected chi connectivity index (χ4v) is 1.66. The van der Waals surface area contributed by atoms with Crippen molar-refractivity contribution >= 4 is 11.4 Å². The van der Waals surface area contributed by atoms with Crippen LogP contribution < -0.4 is 11.1 Å². The number of nitrogen functional groups attached to an aromatic ring is 1. The van der Waals surface area contributed by atoms with E-state index in [1.165, 1.54) is 6.07 Å². The van der Waals surface area contributed by atoms with Gasteiger partial charge in [-0.3, -0.25) is 0 Å². The molecule has 0 aliphatic heterocycles. The summed E-state index contributed by atoms with van der Waals surface area (Å²) in [5.41, 5.74) is 7.67. The third-order valence-electron chi connectivity index (χ3n) is 2.69. The Balaban J connectivity index is 2.15. The van der Waals surface area contributed by atoms with Crippen LogP contribution >= 0.6 is 0 Å². The van der Waals surface area contributed by atoms with E-state index in [1.807, 2.05) is 6.07 Å². The van der Waals surface area contributed by atoms with Crippen LogP contribution in [0.15, 0.2) is 36.4 Å². The van der Waals surface area contributed by atoms with E-state index in [1.54, 1.807) is 18.2 Å². The van der Waals surface area contributed by atoms with Gasteiger partial charge in [-0.05, 0) is 29.8 Å². The summed E-state index contributed by atoms with van der Waals surface area (Å²) in [6, 6.07) is 10.7. The number of nitrogens with zero attached hydrogens (tertiary/aromatic N) is 1. The van der Waals surface area contributed by atoms with E-state index in [-0.39, 0.29) is 6.54 Å². The van der Waals surface area contributed by atoms with Crippen LogP contribution in [0.1, 0.15) is 11.1 Å². The molecule has 0 atom stereocenters. The number of rotatable bonds is 3. The molecule has 0 spiro atoms. The molecule has 0 bridgehead atoms. The summed E-state index contributed by atoms with van der Waals surface area (Å²) in [7, 11) is 0. The fourth-order valence-electron chi connectivity index (χ4n) is 1.66. The fraction of sp³-hybridized carbons (Fsp3) is 0.0714. The van der Waals surface area contributed by atoms with Crippen molar-refractivity contribution in [1.82, 2.24) is 0 Å². The summed E-state index contributed by atoms with van der Waals surface area (Å²) in [5, 5.41) is 11.8. The van der Waals surface area contributed by atoms with Crippen LogP contribution in [0.25, 0.3) is 0 Å². The maximum atomic E-state index is 13.0. The van der Waals surface area contributed by atoms with Gasteiger partial charge in [-0.2, -0.15) is 5.26 Å². The highest BCUT2D eigenvalue weighted by molar-refractivity contribution is 5.72. The minimum Gasteiger partial charge on any atom is -0.396 e. The average molecular weight is 259 g/mol. The molecular formula is C14H11F2N3. The second-order valence-corrected chi connectivity index (χ2v) is 3.98. The third kappa shape index (κ3) is 2.80. The van der Waals surface area contributed by atoms with Gasteiger partial charge >= 0.3 is 0 Å². The van der Waals surface area contributed by atoms with Crippen molar-refractivity contribution in [2.45, 2.75) is 6.54 Å². The summed E-state index contributed by atoms with van der Waals surface area (Å²) in [4.78, 5) is 0. The molecule has 2 rings (SSSR count). The molecule has 3 N–H and O–H groups in total. The highest BCUT2D eigenvalue weighted by Crippen LogP contribution is 2.22. The lowest BCUT2D eigenvalue weighted by atomic mass is 10.1. The molecular weight excluding hydrogens is 248 g/mol. The second kappa shape index (κ2) is 5.36. The van der Waals surface area contributed by atoms with Crippen molar-refractivity contribution in [3.63, 3.8) is 0 Å². The molecule has 0 saturated carbocycles. The molecule has 5 heteroatoms. The Kier molecular flexibility index (Phi) is 3.62. The molecule has 0 aromatic heterocycles. The number of hydrogen-bond acceptors (Lipinski definition) is 3. The minimum atomic E-state index is -0.891. The van der Waals surface area contributed by atoms with E-state index in [9.17, 15) is 8.78 Å². The molecule has 19 heavy (non-hydrogen) atoms. The van der Waals surface area contributed by atoms with Gasteiger partial charge in [0.15, 0.2) is 11.6 Å². The van der Waals surface area contributed by atoms with Crippen LogP contribution in [0.3, 0.4) is 0 Å². The molecule has 0 radical (unpaired) electrons. The molecule has 0 amide bonds. The molecule has 3 nitrogen and oxygen atoms in total. The Morgan fingerprint density at radius 3 is 2.63 bits per heavy atom. The molecule has 96 valence electrons. The molecule has 2 aromatic carbocycles. The monoisotopic (exact) mass is 259 g/mol. The van der Waals surface area contributed by atoms with Crippen molar-refractivity contribution in [2.75, 3.05) is 11.1 Å². The maximum Gasteiger partial charge on any atom is 0.159 e. The van der Waals surface area contributed by atoms with E-state index in [4.69, 9.17) is 11.0 Å². The average Bonchev–Trinajstić information content (AvgIpc) is 2.41. The number of nitrogens with two attached hydrogens (primary N) is 1. The SMILES string of the molecule is N#Cc1cccc(NCc2ccc(F)c(F)c2)c1N. The van der Waals surface area contributed by atoms with Gasteiger partial charge in [0.05, 0.1) is 16.9 Å². The molecule has 0 saturated heterocycles. The molecule has 2 aromatic rings. The minimum absolute atomic E-state index is 0.288. The van der Waals surface area contributed by atoms with Crippen LogP contribution in [0.5, 0.6) is 0 Å². The zero-order valence-corrected chi connectivity index (χ0v) is 9.95. The van der Waals surface area contributed by atoms with Crippen molar-refractivity contribution in [3.8, 4) is 6.07 Å². The Hall–Kier alpha value is -2.61. The van der Waals surface area contributed by atoms with Crippen LogP contribution in [0, 0.1) is 23.0 Å². The van der Waals surface area contributed by atoms with Gasteiger partial charge in [-0.25, -0.2) is 8.78 Å². The van der Waals surface area contributed by atoms with Crippen LogP contribution in [-0.4, -0.2) is 0 Å². The van der Waals surface area contributed by atoms with Crippen LogP contribution in [-0.2, 0) is 6.54 Å². The summed E-state index contributed by atoms with van der Waals surface area (Å²) >= 11 is 0. The summed E-state index contributed by atoms with van der Waals surface area (Å²) in [6.45, 7) is 0.288. The highest BCUT2D eigenvalue weighted by Gasteiger charge is 2.05. The Morgan fingerprint density at radius 1 is 1.16 bits per heavy atom. The number of anilines is 2. The molecule has 0 unspecified atom stereocenters. The van der Waals surface area contributed by atoms with Gasteiger partial charge in [0.2, 0.25) is 0 Å². The lowest BCUT2D eigenvalue weighted by molar-refractivity contribution is 0.507. The number of benzene rings is 2. The van der Waals surface area contributed by atoms with Crippen molar-refractivity contribution in [2.24, 2.45) is 0 Å². The van der Waals surface area contributed by atoms with E-state index in [2.05, 4.69) is 5.32 Å². The number of nitrogens with one attached hydrogen (secondary N) is 1. The van der Waals surface area contributed by atoms with Gasteiger partial charge in [0, 0.05) is 6.54 Å². The molecule has 0 heterocycles. The van der Waals surface area contributed by atoms with E-state index in [0.29, 0.717) is 22.5 Å². The van der Waals surface area contributed by atoms with E-state index in [0.717, 1.165) is 12.1 Å². The molecule has 0 fully saturated rings.